The molecule has 5 heteroatoms. The number of carbonyl (C=O) groups is 1. The molecule has 1 N–H and O–H groups in total. The Morgan fingerprint density at radius 1 is 1.19 bits per heavy atom. The Hall–Kier alpha value is -1.89. The number of fused-ring (bicyclic) bond motifs is 1. The average Bonchev–Trinajstić information content (AvgIpc) is 2.76. The standard InChI is InChI=1S/C16H14IN3O/c1-10-18-14-9-11(3-8-15(14)20(10)2)16(21)19-13-6-4-12(17)5-7-13/h3-9H,1-2H3,(H,19,21). The third-order valence-corrected chi connectivity index (χ3v) is 4.19. The maximum Gasteiger partial charge on any atom is 0.255 e. The Morgan fingerprint density at radius 2 is 1.90 bits per heavy atom. The number of imidazole rings is 1. The lowest BCUT2D eigenvalue weighted by molar-refractivity contribution is 0.102. The van der Waals surface area contributed by atoms with Crippen molar-refractivity contribution in [3.05, 3.63) is 57.4 Å². The first-order valence-electron chi connectivity index (χ1n) is 6.54. The van der Waals surface area contributed by atoms with Crippen LogP contribution in [-0.4, -0.2) is 15.5 Å². The van der Waals surface area contributed by atoms with Gasteiger partial charge in [0.1, 0.15) is 5.82 Å². The van der Waals surface area contributed by atoms with E-state index >= 15 is 0 Å². The first-order chi connectivity index (χ1) is 10.0. The molecule has 2 aromatic carbocycles. The minimum Gasteiger partial charge on any atom is -0.331 e. The molecule has 1 amide bonds. The van der Waals surface area contributed by atoms with Crippen LogP contribution < -0.4 is 5.32 Å². The van der Waals surface area contributed by atoms with Crippen molar-refractivity contribution in [1.29, 1.82) is 0 Å². The Labute approximate surface area is 136 Å². The number of hydrogen-bond acceptors (Lipinski definition) is 2. The summed E-state index contributed by atoms with van der Waals surface area (Å²) in [7, 11) is 1.97. The number of nitrogens with zero attached hydrogens (tertiary/aromatic N) is 2. The van der Waals surface area contributed by atoms with E-state index in [2.05, 4.69) is 32.9 Å². The highest BCUT2D eigenvalue weighted by Crippen LogP contribution is 2.18. The van der Waals surface area contributed by atoms with Gasteiger partial charge in [-0.1, -0.05) is 0 Å². The Morgan fingerprint density at radius 3 is 2.62 bits per heavy atom. The van der Waals surface area contributed by atoms with Gasteiger partial charge >= 0.3 is 0 Å². The van der Waals surface area contributed by atoms with Crippen LogP contribution >= 0.6 is 22.6 Å². The molecule has 0 radical (unpaired) electrons. The van der Waals surface area contributed by atoms with Crippen LogP contribution in [0.15, 0.2) is 42.5 Å². The molecular weight excluding hydrogens is 377 g/mol. The summed E-state index contributed by atoms with van der Waals surface area (Å²) in [4.78, 5) is 16.7. The molecule has 4 nitrogen and oxygen atoms in total. The van der Waals surface area contributed by atoms with Crippen LogP contribution in [-0.2, 0) is 7.05 Å². The fraction of sp³-hybridized carbons (Fsp3) is 0.125. The first-order valence-corrected chi connectivity index (χ1v) is 7.62. The van der Waals surface area contributed by atoms with Gasteiger partial charge in [0.25, 0.3) is 5.91 Å². The van der Waals surface area contributed by atoms with Gasteiger partial charge < -0.3 is 9.88 Å². The number of benzene rings is 2. The van der Waals surface area contributed by atoms with Crippen LogP contribution in [0.1, 0.15) is 16.2 Å². The average molecular weight is 391 g/mol. The number of aryl methyl sites for hydroxylation is 2. The van der Waals surface area contributed by atoms with Crippen molar-refractivity contribution in [1.82, 2.24) is 9.55 Å². The lowest BCUT2D eigenvalue weighted by atomic mass is 10.2. The van der Waals surface area contributed by atoms with Crippen molar-refractivity contribution in [2.45, 2.75) is 6.92 Å². The molecule has 1 aromatic heterocycles. The second kappa shape index (κ2) is 5.48. The maximum atomic E-state index is 12.3. The van der Waals surface area contributed by atoms with E-state index in [-0.39, 0.29) is 5.91 Å². The normalized spacial score (nSPS) is 10.8. The summed E-state index contributed by atoms with van der Waals surface area (Å²) in [5.74, 6) is 0.807. The van der Waals surface area contributed by atoms with E-state index in [1.807, 2.05) is 61.0 Å². The van der Waals surface area contributed by atoms with Gasteiger partial charge in [-0.25, -0.2) is 4.98 Å². The molecule has 21 heavy (non-hydrogen) atoms. The van der Waals surface area contributed by atoms with Gasteiger partial charge in [-0.2, -0.15) is 0 Å². The molecule has 0 aliphatic heterocycles. The van der Waals surface area contributed by atoms with Gasteiger partial charge in [0.05, 0.1) is 11.0 Å². The predicted octanol–water partition coefficient (Wildman–Crippen LogP) is 3.74. The van der Waals surface area contributed by atoms with Crippen molar-refractivity contribution >= 4 is 45.2 Å². The lowest BCUT2D eigenvalue weighted by Gasteiger charge is -2.05. The van der Waals surface area contributed by atoms with Gasteiger partial charge in [-0.3, -0.25) is 4.79 Å². The Kier molecular flexibility index (Phi) is 3.67. The van der Waals surface area contributed by atoms with Gasteiger partial charge in [0.2, 0.25) is 0 Å². The van der Waals surface area contributed by atoms with Gasteiger partial charge in [0, 0.05) is 21.9 Å². The van der Waals surface area contributed by atoms with Crippen molar-refractivity contribution in [3.8, 4) is 0 Å². The molecule has 0 saturated carbocycles. The number of rotatable bonds is 2. The van der Waals surface area contributed by atoms with Crippen molar-refractivity contribution in [3.63, 3.8) is 0 Å². The largest absolute Gasteiger partial charge is 0.331 e. The number of nitrogens with one attached hydrogen (secondary N) is 1. The molecule has 0 bridgehead atoms. The lowest BCUT2D eigenvalue weighted by Crippen LogP contribution is -2.11. The van der Waals surface area contributed by atoms with E-state index in [9.17, 15) is 4.79 Å². The molecule has 1 heterocycles. The van der Waals surface area contributed by atoms with Crippen LogP contribution in [0.3, 0.4) is 0 Å². The third-order valence-electron chi connectivity index (χ3n) is 3.47. The Bertz CT molecular complexity index is 821. The summed E-state index contributed by atoms with van der Waals surface area (Å²) in [5.41, 5.74) is 3.26. The second-order valence-electron chi connectivity index (χ2n) is 4.88. The van der Waals surface area contributed by atoms with Crippen molar-refractivity contribution in [2.24, 2.45) is 7.05 Å². The van der Waals surface area contributed by atoms with Crippen LogP contribution in [0.2, 0.25) is 0 Å². The zero-order chi connectivity index (χ0) is 15.0. The molecule has 0 aliphatic rings. The molecule has 0 saturated heterocycles. The quantitative estimate of drug-likeness (QED) is 0.677. The zero-order valence-corrected chi connectivity index (χ0v) is 13.9. The monoisotopic (exact) mass is 391 g/mol. The van der Waals surface area contributed by atoms with Crippen molar-refractivity contribution < 1.29 is 4.79 Å². The number of anilines is 1. The number of carbonyl (C=O) groups excluding carboxylic acids is 1. The number of hydrogen-bond donors (Lipinski definition) is 1. The number of aromatic nitrogens is 2. The highest BCUT2D eigenvalue weighted by atomic mass is 127. The van der Waals surface area contributed by atoms with E-state index in [1.54, 1.807) is 0 Å². The van der Waals surface area contributed by atoms with Crippen LogP contribution in [0.5, 0.6) is 0 Å². The second-order valence-corrected chi connectivity index (χ2v) is 6.13. The van der Waals surface area contributed by atoms with Crippen LogP contribution in [0, 0.1) is 10.5 Å². The number of amides is 1. The summed E-state index contributed by atoms with van der Waals surface area (Å²) in [6.07, 6.45) is 0. The maximum absolute atomic E-state index is 12.3. The number of halogens is 1. The molecule has 0 unspecified atom stereocenters. The minimum atomic E-state index is -0.124. The van der Waals surface area contributed by atoms with E-state index in [0.717, 1.165) is 26.1 Å². The fourth-order valence-electron chi connectivity index (χ4n) is 2.20. The van der Waals surface area contributed by atoms with Crippen LogP contribution in [0.25, 0.3) is 11.0 Å². The van der Waals surface area contributed by atoms with Gasteiger partial charge in [0.15, 0.2) is 0 Å². The van der Waals surface area contributed by atoms with E-state index in [0.29, 0.717) is 5.56 Å². The summed E-state index contributed by atoms with van der Waals surface area (Å²) < 4.78 is 3.15. The van der Waals surface area contributed by atoms with Crippen molar-refractivity contribution in [2.75, 3.05) is 5.32 Å². The summed E-state index contributed by atoms with van der Waals surface area (Å²) in [5, 5.41) is 2.89. The minimum absolute atomic E-state index is 0.124. The van der Waals surface area contributed by atoms with E-state index < -0.39 is 0 Å². The van der Waals surface area contributed by atoms with Crippen LogP contribution in [0.4, 0.5) is 5.69 Å². The molecule has 3 rings (SSSR count). The molecule has 0 atom stereocenters. The molecular formula is C16H14IN3O. The predicted molar refractivity (Wildman–Crippen MR) is 92.6 cm³/mol. The molecule has 0 fully saturated rings. The molecule has 0 aliphatic carbocycles. The first kappa shape index (κ1) is 14.1. The molecule has 106 valence electrons. The fourth-order valence-corrected chi connectivity index (χ4v) is 2.56. The molecule has 3 aromatic rings. The zero-order valence-electron chi connectivity index (χ0n) is 11.7. The summed E-state index contributed by atoms with van der Waals surface area (Å²) in [6, 6.07) is 13.3. The highest BCUT2D eigenvalue weighted by molar-refractivity contribution is 14.1. The molecule has 0 spiro atoms. The smallest absolute Gasteiger partial charge is 0.255 e. The Balaban J connectivity index is 1.89. The topological polar surface area (TPSA) is 46.9 Å². The summed E-state index contributed by atoms with van der Waals surface area (Å²) >= 11 is 2.23. The SMILES string of the molecule is Cc1nc2cc(C(=O)Nc3ccc(I)cc3)ccc2n1C. The highest BCUT2D eigenvalue weighted by Gasteiger charge is 2.10. The summed E-state index contributed by atoms with van der Waals surface area (Å²) in [6.45, 7) is 1.95. The third kappa shape index (κ3) is 2.78. The van der Waals surface area contributed by atoms with E-state index in [4.69, 9.17) is 0 Å². The van der Waals surface area contributed by atoms with Gasteiger partial charge in [-0.15, -0.1) is 0 Å². The van der Waals surface area contributed by atoms with Gasteiger partial charge in [-0.05, 0) is 72.0 Å². The van der Waals surface area contributed by atoms with E-state index in [1.165, 1.54) is 0 Å².